The van der Waals surface area contributed by atoms with Crippen LogP contribution in [-0.2, 0) is 9.59 Å². The Kier molecular flexibility index (Phi) is 6.94. The Bertz CT molecular complexity index is 370. The van der Waals surface area contributed by atoms with Gasteiger partial charge in [-0.05, 0) is 32.1 Å². The fourth-order valence-corrected chi connectivity index (χ4v) is 3.30. The monoisotopic (exact) mass is 317 g/mol. The molecular formula is C15H28ClN3O2. The summed E-state index contributed by atoms with van der Waals surface area (Å²) in [6, 6.07) is 0. The molecule has 1 saturated heterocycles. The van der Waals surface area contributed by atoms with Crippen molar-refractivity contribution in [1.29, 1.82) is 0 Å². The van der Waals surface area contributed by atoms with Crippen molar-refractivity contribution in [1.82, 2.24) is 10.2 Å². The molecule has 1 aliphatic carbocycles. The summed E-state index contributed by atoms with van der Waals surface area (Å²) >= 11 is 0. The van der Waals surface area contributed by atoms with Crippen LogP contribution in [0.5, 0.6) is 0 Å². The molecule has 0 aromatic heterocycles. The highest BCUT2D eigenvalue weighted by Crippen LogP contribution is 2.30. The first-order valence-corrected chi connectivity index (χ1v) is 7.93. The van der Waals surface area contributed by atoms with Gasteiger partial charge in [-0.3, -0.25) is 9.59 Å². The minimum atomic E-state index is -0.665. The number of nitrogens with zero attached hydrogens (tertiary/aromatic N) is 1. The van der Waals surface area contributed by atoms with Gasteiger partial charge in [-0.25, -0.2) is 0 Å². The highest BCUT2D eigenvalue weighted by Gasteiger charge is 2.41. The molecule has 0 radical (unpaired) electrons. The average molecular weight is 318 g/mol. The number of halogens is 1. The Morgan fingerprint density at radius 2 is 1.95 bits per heavy atom. The summed E-state index contributed by atoms with van der Waals surface area (Å²) in [5.41, 5.74) is 5.58. The van der Waals surface area contributed by atoms with Crippen LogP contribution in [0.4, 0.5) is 0 Å². The second-order valence-corrected chi connectivity index (χ2v) is 6.24. The van der Waals surface area contributed by atoms with E-state index in [1.807, 2.05) is 11.8 Å². The molecule has 6 heteroatoms. The van der Waals surface area contributed by atoms with Crippen LogP contribution in [0.2, 0.25) is 0 Å². The van der Waals surface area contributed by atoms with E-state index < -0.39 is 5.54 Å². The minimum absolute atomic E-state index is 0. The van der Waals surface area contributed by atoms with Crippen molar-refractivity contribution in [2.75, 3.05) is 19.6 Å². The van der Waals surface area contributed by atoms with Crippen LogP contribution in [0.15, 0.2) is 0 Å². The number of nitrogens with two attached hydrogens (primary N) is 1. The van der Waals surface area contributed by atoms with Gasteiger partial charge < -0.3 is 16.0 Å². The van der Waals surface area contributed by atoms with Crippen molar-refractivity contribution >= 4 is 24.2 Å². The van der Waals surface area contributed by atoms with Gasteiger partial charge in [0.25, 0.3) is 0 Å². The molecule has 0 aromatic rings. The SMILES string of the molecule is CCCNC(=O)C1CCCN(C(=O)C2(N)CCCC2)C1.Cl. The molecule has 1 unspecified atom stereocenters. The van der Waals surface area contributed by atoms with Gasteiger partial charge >= 0.3 is 0 Å². The molecule has 0 spiro atoms. The molecular weight excluding hydrogens is 290 g/mol. The highest BCUT2D eigenvalue weighted by atomic mass is 35.5. The van der Waals surface area contributed by atoms with Gasteiger partial charge in [-0.15, -0.1) is 12.4 Å². The number of nitrogens with one attached hydrogen (secondary N) is 1. The predicted octanol–water partition coefficient (Wildman–Crippen LogP) is 1.44. The molecule has 2 fully saturated rings. The van der Waals surface area contributed by atoms with Crippen molar-refractivity contribution in [3.63, 3.8) is 0 Å². The third-order valence-electron chi connectivity index (χ3n) is 4.55. The van der Waals surface area contributed by atoms with E-state index in [0.29, 0.717) is 13.1 Å². The van der Waals surface area contributed by atoms with Gasteiger partial charge in [0, 0.05) is 19.6 Å². The smallest absolute Gasteiger partial charge is 0.242 e. The number of amides is 2. The van der Waals surface area contributed by atoms with Crippen LogP contribution < -0.4 is 11.1 Å². The number of likely N-dealkylation sites (tertiary alicyclic amines) is 1. The molecule has 1 aliphatic heterocycles. The van der Waals surface area contributed by atoms with Crippen LogP contribution in [-0.4, -0.2) is 41.9 Å². The molecule has 0 aromatic carbocycles. The lowest BCUT2D eigenvalue weighted by Gasteiger charge is -2.37. The Morgan fingerprint density at radius 1 is 1.29 bits per heavy atom. The van der Waals surface area contributed by atoms with Crippen molar-refractivity contribution < 1.29 is 9.59 Å². The maximum Gasteiger partial charge on any atom is 0.242 e. The summed E-state index contributed by atoms with van der Waals surface area (Å²) in [6.45, 7) is 4.03. The molecule has 21 heavy (non-hydrogen) atoms. The molecule has 1 saturated carbocycles. The van der Waals surface area contributed by atoms with Gasteiger partial charge in [0.15, 0.2) is 0 Å². The Labute approximate surface area is 133 Å². The molecule has 3 N–H and O–H groups in total. The molecule has 5 nitrogen and oxygen atoms in total. The van der Waals surface area contributed by atoms with Crippen molar-refractivity contribution in [2.24, 2.45) is 11.7 Å². The maximum absolute atomic E-state index is 12.6. The molecule has 2 rings (SSSR count). The standard InChI is InChI=1S/C15H27N3O2.ClH/c1-2-9-17-13(19)12-6-5-10-18(11-12)14(20)15(16)7-3-4-8-15;/h12H,2-11,16H2,1H3,(H,17,19);1H. The number of rotatable bonds is 4. The quantitative estimate of drug-likeness (QED) is 0.824. The van der Waals surface area contributed by atoms with Gasteiger partial charge in [0.2, 0.25) is 11.8 Å². The summed E-state index contributed by atoms with van der Waals surface area (Å²) in [5.74, 6) is 0.0779. The maximum atomic E-state index is 12.6. The molecule has 2 amide bonds. The number of carbonyl (C=O) groups is 2. The lowest BCUT2D eigenvalue weighted by Crippen LogP contribution is -2.56. The van der Waals surface area contributed by atoms with Gasteiger partial charge in [0.1, 0.15) is 0 Å². The fourth-order valence-electron chi connectivity index (χ4n) is 3.30. The summed E-state index contributed by atoms with van der Waals surface area (Å²) in [5, 5.41) is 2.93. The van der Waals surface area contributed by atoms with E-state index in [4.69, 9.17) is 5.73 Å². The van der Waals surface area contributed by atoms with E-state index in [1.165, 1.54) is 0 Å². The third kappa shape index (κ3) is 4.33. The largest absolute Gasteiger partial charge is 0.356 e. The first-order valence-electron chi connectivity index (χ1n) is 7.93. The second-order valence-electron chi connectivity index (χ2n) is 6.24. The number of hydrogen-bond acceptors (Lipinski definition) is 3. The Morgan fingerprint density at radius 3 is 2.57 bits per heavy atom. The predicted molar refractivity (Wildman–Crippen MR) is 85.2 cm³/mol. The van der Waals surface area contributed by atoms with E-state index in [9.17, 15) is 9.59 Å². The highest BCUT2D eigenvalue weighted by molar-refractivity contribution is 5.87. The number of hydrogen-bond donors (Lipinski definition) is 2. The molecule has 1 heterocycles. The summed E-state index contributed by atoms with van der Waals surface area (Å²) in [7, 11) is 0. The van der Waals surface area contributed by atoms with E-state index in [2.05, 4.69) is 5.32 Å². The molecule has 0 bridgehead atoms. The zero-order valence-corrected chi connectivity index (χ0v) is 13.7. The van der Waals surface area contributed by atoms with Crippen LogP contribution in [0.25, 0.3) is 0 Å². The third-order valence-corrected chi connectivity index (χ3v) is 4.55. The number of piperidine rings is 1. The van der Waals surface area contributed by atoms with Crippen molar-refractivity contribution in [3.05, 3.63) is 0 Å². The topological polar surface area (TPSA) is 75.4 Å². The van der Waals surface area contributed by atoms with Crippen molar-refractivity contribution in [2.45, 2.75) is 57.4 Å². The fraction of sp³-hybridized carbons (Fsp3) is 0.867. The number of carbonyl (C=O) groups excluding carboxylic acids is 2. The first-order chi connectivity index (χ1) is 9.57. The van der Waals surface area contributed by atoms with E-state index in [1.54, 1.807) is 0 Å². The summed E-state index contributed by atoms with van der Waals surface area (Å²) in [6.07, 6.45) is 6.35. The second kappa shape index (κ2) is 7.99. The minimum Gasteiger partial charge on any atom is -0.356 e. The van der Waals surface area contributed by atoms with Crippen molar-refractivity contribution in [3.8, 4) is 0 Å². The lowest BCUT2D eigenvalue weighted by molar-refractivity contribution is -0.140. The lowest BCUT2D eigenvalue weighted by atomic mass is 9.92. The molecule has 122 valence electrons. The summed E-state index contributed by atoms with van der Waals surface area (Å²) < 4.78 is 0. The van der Waals surface area contributed by atoms with Crippen LogP contribution in [0, 0.1) is 5.92 Å². The van der Waals surface area contributed by atoms with Crippen LogP contribution >= 0.6 is 12.4 Å². The Hall–Kier alpha value is -0.810. The summed E-state index contributed by atoms with van der Waals surface area (Å²) in [4.78, 5) is 26.4. The van der Waals surface area contributed by atoms with Gasteiger partial charge in [-0.2, -0.15) is 0 Å². The first kappa shape index (κ1) is 18.2. The van der Waals surface area contributed by atoms with Gasteiger partial charge in [-0.1, -0.05) is 19.8 Å². The zero-order chi connectivity index (χ0) is 14.6. The van der Waals surface area contributed by atoms with Gasteiger partial charge in [0.05, 0.1) is 11.5 Å². The van der Waals surface area contributed by atoms with E-state index >= 15 is 0 Å². The normalized spacial score (nSPS) is 24.3. The van der Waals surface area contributed by atoms with E-state index in [0.717, 1.165) is 51.5 Å². The van der Waals surface area contributed by atoms with E-state index in [-0.39, 0.29) is 30.1 Å². The zero-order valence-electron chi connectivity index (χ0n) is 12.9. The van der Waals surface area contributed by atoms with Crippen LogP contribution in [0.1, 0.15) is 51.9 Å². The Balaban J connectivity index is 0.00000220. The molecule has 2 aliphatic rings. The molecule has 1 atom stereocenters. The van der Waals surface area contributed by atoms with Crippen LogP contribution in [0.3, 0.4) is 0 Å². The average Bonchev–Trinajstić information content (AvgIpc) is 2.92.